The van der Waals surface area contributed by atoms with Gasteiger partial charge in [0, 0.05) is 0 Å². The zero-order valence-electron chi connectivity index (χ0n) is 3.89. The van der Waals surface area contributed by atoms with E-state index in [9.17, 15) is 4.79 Å². The third-order valence-corrected chi connectivity index (χ3v) is 1.56. The Labute approximate surface area is 54.4 Å². The molecule has 0 atom stereocenters. The number of hydrogen-bond acceptors (Lipinski definition) is 2. The molecule has 0 aromatic rings. The van der Waals surface area contributed by atoms with Gasteiger partial charge >= 0.3 is 0 Å². The molecule has 42 valence electrons. The van der Waals surface area contributed by atoms with Crippen LogP contribution in [0.5, 0.6) is 0 Å². The highest BCUT2D eigenvalue weighted by Crippen LogP contribution is 2.13. The van der Waals surface area contributed by atoms with Gasteiger partial charge in [0.25, 0.3) is 5.91 Å². The molecule has 1 amide bonds. The molecule has 0 aromatic heterocycles. The van der Waals surface area contributed by atoms with Gasteiger partial charge in [-0.25, -0.2) is 4.99 Å². The minimum atomic E-state index is -0.303. The molecule has 0 radical (unpaired) electrons. The lowest BCUT2D eigenvalue weighted by Crippen LogP contribution is -1.97. The Morgan fingerprint density at radius 1 is 1.75 bits per heavy atom. The first-order valence-corrected chi connectivity index (χ1v) is 2.75. The van der Waals surface area contributed by atoms with Gasteiger partial charge in [-0.15, -0.1) is 0 Å². The Morgan fingerprint density at radius 2 is 2.38 bits per heavy atom. The summed E-state index contributed by atoms with van der Waals surface area (Å²) in [7, 11) is 0. The van der Waals surface area contributed by atoms with Crippen molar-refractivity contribution in [2.45, 2.75) is 0 Å². The van der Waals surface area contributed by atoms with E-state index in [2.05, 4.69) is 20.9 Å². The maximum Gasteiger partial charge on any atom is 0.286 e. The summed E-state index contributed by atoms with van der Waals surface area (Å²) in [6, 6.07) is 0. The van der Waals surface area contributed by atoms with Crippen molar-refractivity contribution >= 4 is 28.1 Å². The fourth-order valence-electron chi connectivity index (χ4n) is 0.365. The lowest BCUT2D eigenvalue weighted by molar-refractivity contribution is -0.113. The van der Waals surface area contributed by atoms with Crippen LogP contribution in [-0.2, 0) is 4.79 Å². The number of rotatable bonds is 0. The number of carbonyl (C=O) groups excluding carboxylic acids is 1. The topological polar surface area (TPSA) is 55.5 Å². The van der Waals surface area contributed by atoms with Gasteiger partial charge in [-0.05, 0) is 15.9 Å². The van der Waals surface area contributed by atoms with Gasteiger partial charge in [-0.1, -0.05) is 0 Å². The van der Waals surface area contributed by atoms with Crippen LogP contribution in [0.15, 0.2) is 15.2 Å². The van der Waals surface area contributed by atoms with Crippen LogP contribution in [0.4, 0.5) is 0 Å². The molecule has 0 unspecified atom stereocenters. The summed E-state index contributed by atoms with van der Waals surface area (Å²) < 4.78 is 0.359. The number of halogens is 1. The molecule has 8 heavy (non-hydrogen) atoms. The minimum absolute atomic E-state index is 0.303. The third kappa shape index (κ3) is 0.667. The predicted molar refractivity (Wildman–Crippen MR) is 33.6 cm³/mol. The van der Waals surface area contributed by atoms with Crippen molar-refractivity contribution in [2.75, 3.05) is 0 Å². The zero-order valence-corrected chi connectivity index (χ0v) is 5.47. The normalized spacial score (nSPS) is 18.4. The average molecular weight is 175 g/mol. The van der Waals surface area contributed by atoms with Crippen molar-refractivity contribution in [3.8, 4) is 0 Å². The van der Waals surface area contributed by atoms with E-state index >= 15 is 0 Å². The van der Waals surface area contributed by atoms with Crippen LogP contribution in [0.1, 0.15) is 0 Å². The average Bonchev–Trinajstić information content (AvgIpc) is 1.98. The second-order valence-electron chi connectivity index (χ2n) is 1.33. The molecule has 0 aliphatic carbocycles. The van der Waals surface area contributed by atoms with E-state index in [-0.39, 0.29) is 5.91 Å². The lowest BCUT2D eigenvalue weighted by atomic mass is 10.5. The van der Waals surface area contributed by atoms with Crippen molar-refractivity contribution in [2.24, 2.45) is 10.7 Å². The Morgan fingerprint density at radius 3 is 2.50 bits per heavy atom. The first-order chi connectivity index (χ1) is 3.72. The lowest BCUT2D eigenvalue weighted by Gasteiger charge is -1.82. The first kappa shape index (κ1) is 5.50. The van der Waals surface area contributed by atoms with Gasteiger partial charge in [0.15, 0.2) is 0 Å². The molecule has 0 saturated carbocycles. The zero-order chi connectivity index (χ0) is 6.15. The third-order valence-electron chi connectivity index (χ3n) is 0.762. The molecule has 0 fully saturated rings. The van der Waals surface area contributed by atoms with Gasteiger partial charge in [0.1, 0.15) is 4.48 Å². The summed E-state index contributed by atoms with van der Waals surface area (Å²) in [5, 5.41) is 0. The molecular formula is C4H3BrN2O. The highest BCUT2D eigenvalue weighted by atomic mass is 79.9. The van der Waals surface area contributed by atoms with Crippen LogP contribution in [0, 0.1) is 0 Å². The van der Waals surface area contributed by atoms with Crippen molar-refractivity contribution < 1.29 is 4.79 Å². The van der Waals surface area contributed by atoms with Crippen LogP contribution in [0.3, 0.4) is 0 Å². The molecule has 0 bridgehead atoms. The molecule has 3 nitrogen and oxygen atoms in total. The predicted octanol–water partition coefficient (Wildman–Crippen LogP) is 0.163. The molecule has 1 aliphatic heterocycles. The van der Waals surface area contributed by atoms with Gasteiger partial charge in [0.05, 0.1) is 11.9 Å². The van der Waals surface area contributed by atoms with Crippen molar-refractivity contribution in [3.63, 3.8) is 0 Å². The number of amides is 1. The molecule has 0 spiro atoms. The number of aliphatic imine (C=N–C) groups is 1. The highest BCUT2D eigenvalue weighted by Gasteiger charge is 2.12. The molecule has 1 rings (SSSR count). The second-order valence-corrected chi connectivity index (χ2v) is 2.13. The summed E-state index contributed by atoms with van der Waals surface area (Å²) in [4.78, 5) is 13.8. The Balaban J connectivity index is 3.02. The van der Waals surface area contributed by atoms with E-state index in [0.717, 1.165) is 0 Å². The number of carbonyl (C=O) groups is 1. The largest absolute Gasteiger partial charge is 0.396 e. The summed E-state index contributed by atoms with van der Waals surface area (Å²) in [5.41, 5.74) is 5.63. The fourth-order valence-corrected chi connectivity index (χ4v) is 0.570. The number of hydrogen-bond donors (Lipinski definition) is 1. The highest BCUT2D eigenvalue weighted by molar-refractivity contribution is 9.12. The van der Waals surface area contributed by atoms with E-state index < -0.39 is 0 Å². The van der Waals surface area contributed by atoms with Crippen LogP contribution in [0.25, 0.3) is 0 Å². The maximum absolute atomic E-state index is 10.4. The van der Waals surface area contributed by atoms with E-state index in [1.165, 1.54) is 6.21 Å². The Kier molecular flexibility index (Phi) is 1.17. The van der Waals surface area contributed by atoms with E-state index in [1.54, 1.807) is 0 Å². The van der Waals surface area contributed by atoms with Crippen molar-refractivity contribution in [1.29, 1.82) is 0 Å². The van der Waals surface area contributed by atoms with Crippen LogP contribution >= 0.6 is 15.9 Å². The molecule has 0 saturated heterocycles. The molecule has 0 aromatic carbocycles. The number of nitrogens with zero attached hydrogens (tertiary/aromatic N) is 1. The van der Waals surface area contributed by atoms with Crippen LogP contribution < -0.4 is 5.73 Å². The SMILES string of the molecule is NC1=C(Br)C(=O)N=C1. The smallest absolute Gasteiger partial charge is 0.286 e. The molecule has 1 aliphatic rings. The first-order valence-electron chi connectivity index (χ1n) is 1.95. The van der Waals surface area contributed by atoms with Crippen molar-refractivity contribution in [3.05, 3.63) is 10.2 Å². The molecule has 2 N–H and O–H groups in total. The van der Waals surface area contributed by atoms with E-state index in [4.69, 9.17) is 5.73 Å². The summed E-state index contributed by atoms with van der Waals surface area (Å²) in [6.07, 6.45) is 1.33. The van der Waals surface area contributed by atoms with E-state index in [1.807, 2.05) is 0 Å². The monoisotopic (exact) mass is 174 g/mol. The molecular weight excluding hydrogens is 172 g/mol. The fraction of sp³-hybridized carbons (Fsp3) is 0. The van der Waals surface area contributed by atoms with Gasteiger partial charge < -0.3 is 5.73 Å². The number of nitrogens with two attached hydrogens (primary N) is 1. The minimum Gasteiger partial charge on any atom is -0.396 e. The van der Waals surface area contributed by atoms with E-state index in [0.29, 0.717) is 10.2 Å². The number of allylic oxidation sites excluding steroid dienone is 1. The summed E-state index contributed by atoms with van der Waals surface area (Å²) in [5.74, 6) is -0.303. The summed E-state index contributed by atoms with van der Waals surface area (Å²) >= 11 is 2.95. The maximum atomic E-state index is 10.4. The van der Waals surface area contributed by atoms with Gasteiger partial charge in [-0.2, -0.15) is 0 Å². The quantitative estimate of drug-likeness (QED) is 0.570. The molecule has 4 heteroatoms. The van der Waals surface area contributed by atoms with Gasteiger partial charge in [0.2, 0.25) is 0 Å². The van der Waals surface area contributed by atoms with Crippen molar-refractivity contribution in [1.82, 2.24) is 0 Å². The van der Waals surface area contributed by atoms with Crippen LogP contribution in [-0.4, -0.2) is 12.1 Å². The Bertz CT molecular complexity index is 190. The van der Waals surface area contributed by atoms with Gasteiger partial charge in [-0.3, -0.25) is 4.79 Å². The standard InChI is InChI=1S/C4H3BrN2O/c5-3-2(6)1-7-4(3)8/h1H,6H2. The Hall–Kier alpha value is -0.640. The second kappa shape index (κ2) is 1.70. The molecule has 1 heterocycles. The van der Waals surface area contributed by atoms with Crippen LogP contribution in [0.2, 0.25) is 0 Å². The summed E-state index contributed by atoms with van der Waals surface area (Å²) in [6.45, 7) is 0.